The van der Waals surface area contributed by atoms with Gasteiger partial charge in [0.25, 0.3) is 5.91 Å². The minimum Gasteiger partial charge on any atom is -0.378 e. The first kappa shape index (κ1) is 24.8. The first-order valence-corrected chi connectivity index (χ1v) is 11.9. The predicted octanol–water partition coefficient (Wildman–Crippen LogP) is 4.77. The maximum atomic E-state index is 15.1. The monoisotopic (exact) mass is 512 g/mol. The number of carbonyl (C=O) groups excluding carboxylic acids is 1. The molecule has 3 aromatic heterocycles. The number of hydrogen-bond donors (Lipinski definition) is 1. The van der Waals surface area contributed by atoms with Gasteiger partial charge in [0.15, 0.2) is 17.3 Å². The van der Waals surface area contributed by atoms with Crippen molar-refractivity contribution < 1.29 is 22.7 Å². The molecule has 0 aliphatic carbocycles. The summed E-state index contributed by atoms with van der Waals surface area (Å²) in [6, 6.07) is 3.23. The lowest BCUT2D eigenvalue weighted by molar-refractivity contribution is 0.102. The summed E-state index contributed by atoms with van der Waals surface area (Å²) in [7, 11) is 0. The molecule has 37 heavy (non-hydrogen) atoms. The zero-order valence-electron chi connectivity index (χ0n) is 21.0. The Bertz CT molecular complexity index is 1500. The summed E-state index contributed by atoms with van der Waals surface area (Å²) in [6.45, 7) is 9.13. The second-order valence-corrected chi connectivity index (χ2v) is 9.98. The van der Waals surface area contributed by atoms with Crippen LogP contribution in [0.1, 0.15) is 36.7 Å². The Morgan fingerprint density at radius 1 is 1.11 bits per heavy atom. The average molecular weight is 513 g/mol. The smallest absolute Gasteiger partial charge is 0.262 e. The van der Waals surface area contributed by atoms with Crippen molar-refractivity contribution in [1.29, 1.82) is 0 Å². The lowest BCUT2D eigenvalue weighted by atomic mass is 9.99. The number of imidazole rings is 1. The van der Waals surface area contributed by atoms with Crippen molar-refractivity contribution in [2.45, 2.75) is 33.2 Å². The normalized spacial score (nSPS) is 14.4. The number of amides is 1. The minimum atomic E-state index is -1.23. The largest absolute Gasteiger partial charge is 0.378 e. The first-order valence-electron chi connectivity index (χ1n) is 11.9. The lowest BCUT2D eigenvalue weighted by Crippen LogP contribution is -2.36. The van der Waals surface area contributed by atoms with Crippen molar-refractivity contribution in [3.05, 3.63) is 65.6 Å². The summed E-state index contributed by atoms with van der Waals surface area (Å²) in [5.74, 6) is -4.12. The number of halogens is 3. The Morgan fingerprint density at radius 2 is 1.84 bits per heavy atom. The van der Waals surface area contributed by atoms with Gasteiger partial charge in [-0.15, -0.1) is 0 Å². The third-order valence-corrected chi connectivity index (χ3v) is 6.42. The number of morpholine rings is 1. The molecule has 4 aromatic rings. The lowest BCUT2D eigenvalue weighted by Gasteiger charge is -2.29. The SMILES string of the molecule is Cc1c(-c2cc(N3CCOCC3)c3nccn3c2)cc(NC(=O)c2cnn(C(C)(C)C)c2F)c(F)c1F. The topological polar surface area (TPSA) is 76.7 Å². The predicted molar refractivity (Wildman–Crippen MR) is 133 cm³/mol. The van der Waals surface area contributed by atoms with Gasteiger partial charge in [-0.05, 0) is 51.0 Å². The van der Waals surface area contributed by atoms with Gasteiger partial charge in [-0.1, -0.05) is 0 Å². The molecular weight excluding hydrogens is 485 g/mol. The molecule has 11 heteroatoms. The summed E-state index contributed by atoms with van der Waals surface area (Å²) >= 11 is 0. The molecule has 0 radical (unpaired) electrons. The standard InChI is InChI=1S/C26H27F3N6O2/c1-15-17(16-11-20(33-7-9-37-10-8-33)24-30-5-6-34(24)14-16)12-19(22(28)21(15)27)32-25(36)18-13-31-35(23(18)29)26(2,3)4/h5-6,11-14H,7-10H2,1-4H3,(H,32,36). The fourth-order valence-corrected chi connectivity index (χ4v) is 4.45. The highest BCUT2D eigenvalue weighted by Gasteiger charge is 2.26. The van der Waals surface area contributed by atoms with Gasteiger partial charge in [-0.2, -0.15) is 9.49 Å². The van der Waals surface area contributed by atoms with Crippen LogP contribution in [0.4, 0.5) is 24.5 Å². The van der Waals surface area contributed by atoms with E-state index in [1.165, 1.54) is 13.0 Å². The highest BCUT2D eigenvalue weighted by molar-refractivity contribution is 6.04. The summed E-state index contributed by atoms with van der Waals surface area (Å²) in [6.07, 6.45) is 6.28. The number of anilines is 2. The van der Waals surface area contributed by atoms with Gasteiger partial charge in [-0.3, -0.25) is 4.79 Å². The molecule has 1 amide bonds. The Hall–Kier alpha value is -3.86. The van der Waals surface area contributed by atoms with Crippen LogP contribution in [0, 0.1) is 24.5 Å². The molecule has 5 rings (SSSR count). The van der Waals surface area contributed by atoms with Crippen molar-refractivity contribution >= 4 is 22.9 Å². The molecule has 1 saturated heterocycles. The molecule has 1 N–H and O–H groups in total. The maximum absolute atomic E-state index is 15.1. The quantitative estimate of drug-likeness (QED) is 0.427. The van der Waals surface area contributed by atoms with Crippen LogP contribution in [0.25, 0.3) is 16.8 Å². The van der Waals surface area contributed by atoms with Gasteiger partial charge in [0, 0.05) is 37.2 Å². The molecule has 8 nitrogen and oxygen atoms in total. The van der Waals surface area contributed by atoms with E-state index >= 15 is 4.39 Å². The van der Waals surface area contributed by atoms with Crippen LogP contribution in [0.5, 0.6) is 0 Å². The Labute approximate surface area is 211 Å². The van der Waals surface area contributed by atoms with E-state index in [0.29, 0.717) is 37.4 Å². The summed E-state index contributed by atoms with van der Waals surface area (Å²) in [5.41, 5.74) is 1.14. The number of carbonyl (C=O) groups is 1. The number of aromatic nitrogens is 4. The van der Waals surface area contributed by atoms with E-state index in [9.17, 15) is 13.6 Å². The van der Waals surface area contributed by atoms with Gasteiger partial charge >= 0.3 is 0 Å². The molecule has 0 atom stereocenters. The number of nitrogens with one attached hydrogen (secondary N) is 1. The number of hydrogen-bond acceptors (Lipinski definition) is 5. The Balaban J connectivity index is 1.56. The third kappa shape index (κ3) is 4.43. The molecule has 4 heterocycles. The van der Waals surface area contributed by atoms with Crippen LogP contribution in [0.2, 0.25) is 0 Å². The van der Waals surface area contributed by atoms with E-state index in [1.54, 1.807) is 39.4 Å². The molecule has 1 fully saturated rings. The van der Waals surface area contributed by atoms with Crippen LogP contribution in [0.3, 0.4) is 0 Å². The van der Waals surface area contributed by atoms with Gasteiger partial charge in [0.05, 0.1) is 36.3 Å². The van der Waals surface area contributed by atoms with Gasteiger partial charge < -0.3 is 19.4 Å². The summed E-state index contributed by atoms with van der Waals surface area (Å²) < 4.78 is 53.2. The first-order chi connectivity index (χ1) is 17.6. The van der Waals surface area contributed by atoms with E-state index in [0.717, 1.165) is 22.2 Å². The van der Waals surface area contributed by atoms with E-state index < -0.39 is 34.7 Å². The number of rotatable bonds is 4. The summed E-state index contributed by atoms with van der Waals surface area (Å²) in [5, 5.41) is 6.26. The molecule has 0 unspecified atom stereocenters. The van der Waals surface area contributed by atoms with E-state index in [4.69, 9.17) is 4.74 Å². The number of pyridine rings is 1. The van der Waals surface area contributed by atoms with Crippen molar-refractivity contribution in [1.82, 2.24) is 19.2 Å². The van der Waals surface area contributed by atoms with Gasteiger partial charge in [0.2, 0.25) is 5.95 Å². The third-order valence-electron chi connectivity index (χ3n) is 6.42. The van der Waals surface area contributed by atoms with Crippen LogP contribution in [-0.2, 0) is 10.3 Å². The van der Waals surface area contributed by atoms with Crippen LogP contribution in [-0.4, -0.2) is 51.4 Å². The molecule has 1 aliphatic heterocycles. The van der Waals surface area contributed by atoms with Crippen LogP contribution in [0.15, 0.2) is 36.9 Å². The van der Waals surface area contributed by atoms with Crippen LogP contribution >= 0.6 is 0 Å². The van der Waals surface area contributed by atoms with Gasteiger partial charge in [0.1, 0.15) is 5.56 Å². The Kier molecular flexibility index (Phi) is 6.18. The zero-order chi connectivity index (χ0) is 26.5. The fraction of sp³-hybridized carbons (Fsp3) is 0.346. The highest BCUT2D eigenvalue weighted by Crippen LogP contribution is 2.35. The number of benzene rings is 1. The molecule has 0 saturated carbocycles. The van der Waals surface area contributed by atoms with Gasteiger partial charge in [-0.25, -0.2) is 18.4 Å². The molecule has 1 aromatic carbocycles. The van der Waals surface area contributed by atoms with Crippen LogP contribution < -0.4 is 10.2 Å². The molecule has 194 valence electrons. The van der Waals surface area contributed by atoms with Crippen molar-refractivity contribution in [2.75, 3.05) is 36.5 Å². The van der Waals surface area contributed by atoms with Crippen molar-refractivity contribution in [3.63, 3.8) is 0 Å². The average Bonchev–Trinajstić information content (AvgIpc) is 3.50. The molecule has 1 aliphatic rings. The molecule has 0 bridgehead atoms. The minimum absolute atomic E-state index is 0.0784. The van der Waals surface area contributed by atoms with Crippen molar-refractivity contribution in [2.24, 2.45) is 0 Å². The molecular formula is C26H27F3N6O2. The Morgan fingerprint density at radius 3 is 2.51 bits per heavy atom. The zero-order valence-corrected chi connectivity index (χ0v) is 21.0. The second-order valence-electron chi connectivity index (χ2n) is 9.98. The summed E-state index contributed by atoms with van der Waals surface area (Å²) in [4.78, 5) is 19.4. The van der Waals surface area contributed by atoms with E-state index in [-0.39, 0.29) is 11.1 Å². The maximum Gasteiger partial charge on any atom is 0.262 e. The van der Waals surface area contributed by atoms with E-state index in [1.807, 2.05) is 10.5 Å². The number of fused-ring (bicyclic) bond motifs is 1. The highest BCUT2D eigenvalue weighted by atomic mass is 19.2. The number of nitrogens with zero attached hydrogens (tertiary/aromatic N) is 5. The van der Waals surface area contributed by atoms with Crippen molar-refractivity contribution in [3.8, 4) is 11.1 Å². The van der Waals surface area contributed by atoms with E-state index in [2.05, 4.69) is 20.3 Å². The number of ether oxygens (including phenoxy) is 1. The second kappa shape index (κ2) is 9.22. The fourth-order valence-electron chi connectivity index (χ4n) is 4.45. The molecule has 0 spiro atoms.